The van der Waals surface area contributed by atoms with Crippen LogP contribution in [0.15, 0.2) is 6.07 Å². The van der Waals surface area contributed by atoms with Crippen LogP contribution < -0.4 is 5.32 Å². The van der Waals surface area contributed by atoms with Crippen LogP contribution in [0.1, 0.15) is 45.4 Å². The van der Waals surface area contributed by atoms with Crippen molar-refractivity contribution in [2.24, 2.45) is 5.92 Å². The molecule has 0 saturated heterocycles. The predicted molar refractivity (Wildman–Crippen MR) is 71.5 cm³/mol. The highest BCUT2D eigenvalue weighted by atomic mass is 35.5. The molecule has 1 heterocycles. The zero-order valence-corrected chi connectivity index (χ0v) is 11.3. The standard InChI is InChI=1S/C13H20ClN3/c1-3-10(7-9-5-6-9)15-13-8-11(14)16-12(4-2)17-13/h8-10H,3-7H2,1-2H3,(H,15,16,17). The lowest BCUT2D eigenvalue weighted by molar-refractivity contribution is 0.584. The molecular formula is C13H20ClN3. The number of aryl methyl sites for hydroxylation is 1. The molecule has 2 rings (SSSR count). The highest BCUT2D eigenvalue weighted by molar-refractivity contribution is 6.29. The topological polar surface area (TPSA) is 37.8 Å². The van der Waals surface area contributed by atoms with Crippen molar-refractivity contribution < 1.29 is 0 Å². The van der Waals surface area contributed by atoms with Crippen LogP contribution >= 0.6 is 11.6 Å². The molecule has 1 atom stereocenters. The van der Waals surface area contributed by atoms with Crippen molar-refractivity contribution >= 4 is 17.4 Å². The van der Waals surface area contributed by atoms with Crippen LogP contribution in [0.3, 0.4) is 0 Å². The maximum Gasteiger partial charge on any atom is 0.134 e. The third-order valence-electron chi connectivity index (χ3n) is 3.22. The normalized spacial score (nSPS) is 16.9. The lowest BCUT2D eigenvalue weighted by Gasteiger charge is -2.17. The number of aromatic nitrogens is 2. The number of halogens is 1. The lowest BCUT2D eigenvalue weighted by atomic mass is 10.1. The molecule has 1 aliphatic rings. The van der Waals surface area contributed by atoms with Gasteiger partial charge in [-0.25, -0.2) is 9.97 Å². The van der Waals surface area contributed by atoms with Crippen molar-refractivity contribution in [2.75, 3.05) is 5.32 Å². The van der Waals surface area contributed by atoms with Gasteiger partial charge >= 0.3 is 0 Å². The first-order valence-corrected chi connectivity index (χ1v) is 6.89. The zero-order valence-electron chi connectivity index (χ0n) is 10.5. The molecule has 0 spiro atoms. The second-order valence-corrected chi connectivity index (χ2v) is 5.16. The molecule has 1 saturated carbocycles. The molecule has 0 radical (unpaired) electrons. The summed E-state index contributed by atoms with van der Waals surface area (Å²) in [6, 6.07) is 2.33. The number of nitrogens with one attached hydrogen (secondary N) is 1. The molecule has 1 unspecified atom stereocenters. The fourth-order valence-electron chi connectivity index (χ4n) is 1.99. The quantitative estimate of drug-likeness (QED) is 0.786. The summed E-state index contributed by atoms with van der Waals surface area (Å²) in [6.45, 7) is 4.25. The molecule has 3 nitrogen and oxygen atoms in total. The summed E-state index contributed by atoms with van der Waals surface area (Å²) in [7, 11) is 0. The van der Waals surface area contributed by atoms with Gasteiger partial charge < -0.3 is 5.32 Å². The van der Waals surface area contributed by atoms with E-state index in [2.05, 4.69) is 22.2 Å². The molecule has 94 valence electrons. The average molecular weight is 254 g/mol. The van der Waals surface area contributed by atoms with Gasteiger partial charge in [-0.1, -0.05) is 38.3 Å². The molecule has 17 heavy (non-hydrogen) atoms. The summed E-state index contributed by atoms with van der Waals surface area (Å²) in [5, 5.41) is 4.01. The van der Waals surface area contributed by atoms with Crippen molar-refractivity contribution in [3.8, 4) is 0 Å². The van der Waals surface area contributed by atoms with E-state index < -0.39 is 0 Å². The SMILES string of the molecule is CCc1nc(Cl)cc(NC(CC)CC2CC2)n1. The number of rotatable bonds is 6. The van der Waals surface area contributed by atoms with Gasteiger partial charge in [0.25, 0.3) is 0 Å². The summed E-state index contributed by atoms with van der Waals surface area (Å²) in [5.74, 6) is 2.60. The van der Waals surface area contributed by atoms with Crippen LogP contribution in [0.5, 0.6) is 0 Å². The van der Waals surface area contributed by atoms with Gasteiger partial charge in [-0.05, 0) is 18.8 Å². The number of hydrogen-bond acceptors (Lipinski definition) is 3. The summed E-state index contributed by atoms with van der Waals surface area (Å²) in [5.41, 5.74) is 0. The molecule has 0 amide bonds. The highest BCUT2D eigenvalue weighted by Gasteiger charge is 2.24. The van der Waals surface area contributed by atoms with E-state index in [1.54, 1.807) is 0 Å². The van der Waals surface area contributed by atoms with E-state index in [-0.39, 0.29) is 0 Å². The molecule has 0 bridgehead atoms. The molecule has 1 aromatic rings. The van der Waals surface area contributed by atoms with Crippen molar-refractivity contribution in [3.05, 3.63) is 17.0 Å². The predicted octanol–water partition coefficient (Wildman–Crippen LogP) is 3.68. The second-order valence-electron chi connectivity index (χ2n) is 4.77. The Balaban J connectivity index is 2.01. The van der Waals surface area contributed by atoms with E-state index in [0.29, 0.717) is 11.2 Å². The van der Waals surface area contributed by atoms with Crippen LogP contribution in [0.25, 0.3) is 0 Å². The van der Waals surface area contributed by atoms with Crippen LogP contribution in [0.2, 0.25) is 5.15 Å². The first-order chi connectivity index (χ1) is 8.21. The van der Waals surface area contributed by atoms with Gasteiger partial charge in [-0.3, -0.25) is 0 Å². The Labute approximate surface area is 108 Å². The summed E-state index contributed by atoms with van der Waals surface area (Å²) in [4.78, 5) is 8.63. The smallest absolute Gasteiger partial charge is 0.134 e. The number of hydrogen-bond donors (Lipinski definition) is 1. The van der Waals surface area contributed by atoms with Crippen molar-refractivity contribution in [3.63, 3.8) is 0 Å². The van der Waals surface area contributed by atoms with Gasteiger partial charge in [0, 0.05) is 18.5 Å². The van der Waals surface area contributed by atoms with Gasteiger partial charge in [0.2, 0.25) is 0 Å². The monoisotopic (exact) mass is 253 g/mol. The van der Waals surface area contributed by atoms with Crippen LogP contribution in [-0.4, -0.2) is 16.0 Å². The Bertz CT molecular complexity index is 377. The summed E-state index contributed by atoms with van der Waals surface area (Å²) < 4.78 is 0. The Kier molecular flexibility index (Phi) is 4.21. The lowest BCUT2D eigenvalue weighted by Crippen LogP contribution is -2.20. The van der Waals surface area contributed by atoms with Crippen LogP contribution in [0, 0.1) is 5.92 Å². The van der Waals surface area contributed by atoms with Crippen molar-refractivity contribution in [1.29, 1.82) is 0 Å². The van der Waals surface area contributed by atoms with E-state index in [1.165, 1.54) is 19.3 Å². The minimum absolute atomic E-state index is 0.512. The van der Waals surface area contributed by atoms with Crippen LogP contribution in [0.4, 0.5) is 5.82 Å². The minimum Gasteiger partial charge on any atom is -0.367 e. The number of nitrogens with zero attached hydrogens (tertiary/aromatic N) is 2. The van der Waals surface area contributed by atoms with E-state index in [1.807, 2.05) is 13.0 Å². The second kappa shape index (κ2) is 5.67. The zero-order chi connectivity index (χ0) is 12.3. The number of anilines is 1. The maximum absolute atomic E-state index is 5.98. The Morgan fingerprint density at radius 3 is 2.76 bits per heavy atom. The molecule has 4 heteroatoms. The van der Waals surface area contributed by atoms with E-state index in [4.69, 9.17) is 11.6 Å². The first kappa shape index (κ1) is 12.6. The van der Waals surface area contributed by atoms with E-state index in [9.17, 15) is 0 Å². The summed E-state index contributed by atoms with van der Waals surface area (Å²) in [6.07, 6.45) is 5.97. The molecule has 1 N–H and O–H groups in total. The van der Waals surface area contributed by atoms with Gasteiger partial charge in [0.15, 0.2) is 0 Å². The van der Waals surface area contributed by atoms with Crippen molar-refractivity contribution in [1.82, 2.24) is 9.97 Å². The Hall–Kier alpha value is -0.830. The van der Waals surface area contributed by atoms with Crippen LogP contribution in [-0.2, 0) is 6.42 Å². The Morgan fingerprint density at radius 1 is 1.41 bits per heavy atom. The maximum atomic E-state index is 5.98. The van der Waals surface area contributed by atoms with Crippen molar-refractivity contribution in [2.45, 2.75) is 52.0 Å². The van der Waals surface area contributed by atoms with E-state index in [0.717, 1.165) is 30.4 Å². The molecule has 0 aromatic carbocycles. The van der Waals surface area contributed by atoms with Gasteiger partial charge in [-0.2, -0.15) is 0 Å². The van der Waals surface area contributed by atoms with Gasteiger partial charge in [0.1, 0.15) is 16.8 Å². The summed E-state index contributed by atoms with van der Waals surface area (Å²) >= 11 is 5.98. The fourth-order valence-corrected chi connectivity index (χ4v) is 2.19. The molecule has 1 aliphatic carbocycles. The highest BCUT2D eigenvalue weighted by Crippen LogP contribution is 2.34. The molecular weight excluding hydrogens is 234 g/mol. The minimum atomic E-state index is 0.512. The molecule has 0 aliphatic heterocycles. The van der Waals surface area contributed by atoms with E-state index >= 15 is 0 Å². The first-order valence-electron chi connectivity index (χ1n) is 6.51. The molecule has 1 fully saturated rings. The van der Waals surface area contributed by atoms with Gasteiger partial charge in [0.05, 0.1) is 0 Å². The third-order valence-corrected chi connectivity index (χ3v) is 3.41. The fraction of sp³-hybridized carbons (Fsp3) is 0.692. The molecule has 1 aromatic heterocycles. The van der Waals surface area contributed by atoms with Gasteiger partial charge in [-0.15, -0.1) is 0 Å². The average Bonchev–Trinajstić information content (AvgIpc) is 3.11. The third kappa shape index (κ3) is 3.84. The largest absolute Gasteiger partial charge is 0.367 e. The Morgan fingerprint density at radius 2 is 2.18 bits per heavy atom.